The van der Waals surface area contributed by atoms with Crippen LogP contribution in [-0.2, 0) is 4.79 Å². The molecule has 1 aliphatic carbocycles. The minimum Gasteiger partial charge on any atom is -0.294 e. The van der Waals surface area contributed by atoms with Crippen LogP contribution in [0.1, 0.15) is 19.8 Å². The number of hydrogen-bond donors (Lipinski definition) is 0. The van der Waals surface area contributed by atoms with Crippen molar-refractivity contribution in [1.29, 1.82) is 0 Å². The molecule has 0 saturated carbocycles. The van der Waals surface area contributed by atoms with Crippen molar-refractivity contribution in [2.75, 3.05) is 0 Å². The lowest BCUT2D eigenvalue weighted by atomic mass is 9.95. The van der Waals surface area contributed by atoms with Crippen LogP contribution >= 0.6 is 0 Å². The Labute approximate surface area is 55.1 Å². The normalized spacial score (nSPS) is 19.9. The van der Waals surface area contributed by atoms with Crippen LogP contribution in [0, 0.1) is 0 Å². The molecule has 0 aromatic heterocycles. The molecule has 48 valence electrons. The lowest BCUT2D eigenvalue weighted by Gasteiger charge is -2.09. The van der Waals surface area contributed by atoms with Crippen molar-refractivity contribution < 1.29 is 4.79 Å². The molecule has 0 spiro atoms. The Bertz CT molecular complexity index is 187. The van der Waals surface area contributed by atoms with Crippen molar-refractivity contribution >= 4 is 5.78 Å². The van der Waals surface area contributed by atoms with Crippen LogP contribution in [0.4, 0.5) is 0 Å². The van der Waals surface area contributed by atoms with Gasteiger partial charge in [0, 0.05) is 12.0 Å². The fourth-order valence-corrected chi connectivity index (χ4v) is 0.914. The molecule has 0 bridgehead atoms. The maximum atomic E-state index is 10.9. The summed E-state index contributed by atoms with van der Waals surface area (Å²) in [6.07, 6.45) is 3.60. The molecule has 0 aromatic rings. The molecule has 0 aliphatic heterocycles. The summed E-state index contributed by atoms with van der Waals surface area (Å²) in [5.41, 5.74) is 1.74. The van der Waals surface area contributed by atoms with E-state index in [0.717, 1.165) is 12.0 Å². The molecule has 0 fully saturated rings. The van der Waals surface area contributed by atoms with E-state index in [2.05, 4.69) is 12.7 Å². The summed E-state index contributed by atoms with van der Waals surface area (Å²) in [6.45, 7) is 5.59. The van der Waals surface area contributed by atoms with Gasteiger partial charge in [-0.15, -0.1) is 0 Å². The molecule has 1 nitrogen and oxygen atoms in total. The Hall–Kier alpha value is -0.850. The minimum atomic E-state index is 0.204. The number of Topliss-reactive ketones (excluding diaryl/α,β-unsaturated/α-hetero) is 1. The summed E-state index contributed by atoms with van der Waals surface area (Å²) in [4.78, 5) is 10.9. The Morgan fingerprint density at radius 1 is 1.67 bits per heavy atom. The average molecular weight is 122 g/mol. The standard InChI is InChI=1S/C8H10O/c1-6-4-3-5-8(9)7(6)2/h4H,2-3,5H2,1H3. The molecule has 0 aromatic carbocycles. The van der Waals surface area contributed by atoms with Crippen molar-refractivity contribution in [2.45, 2.75) is 19.8 Å². The zero-order valence-corrected chi connectivity index (χ0v) is 5.61. The predicted octanol–water partition coefficient (Wildman–Crippen LogP) is 1.85. The quantitative estimate of drug-likeness (QED) is 0.448. The van der Waals surface area contributed by atoms with Gasteiger partial charge in [0.25, 0.3) is 0 Å². The number of hydrogen-bond acceptors (Lipinski definition) is 1. The van der Waals surface area contributed by atoms with Crippen LogP contribution < -0.4 is 0 Å². The van der Waals surface area contributed by atoms with E-state index in [1.807, 2.05) is 6.92 Å². The van der Waals surface area contributed by atoms with Gasteiger partial charge >= 0.3 is 0 Å². The van der Waals surface area contributed by atoms with Gasteiger partial charge in [0.1, 0.15) is 0 Å². The largest absolute Gasteiger partial charge is 0.294 e. The summed E-state index contributed by atoms with van der Waals surface area (Å²) in [7, 11) is 0. The molecule has 0 saturated heterocycles. The maximum absolute atomic E-state index is 10.9. The third-order valence-electron chi connectivity index (χ3n) is 1.63. The fraction of sp³-hybridized carbons (Fsp3) is 0.375. The highest BCUT2D eigenvalue weighted by Crippen LogP contribution is 2.17. The van der Waals surface area contributed by atoms with Gasteiger partial charge in [0.05, 0.1) is 0 Å². The van der Waals surface area contributed by atoms with Crippen LogP contribution in [0.2, 0.25) is 0 Å². The summed E-state index contributed by atoms with van der Waals surface area (Å²) in [5.74, 6) is 0.204. The summed E-state index contributed by atoms with van der Waals surface area (Å²) >= 11 is 0. The molecule has 0 atom stereocenters. The molecule has 1 aliphatic rings. The SMILES string of the molecule is C=C1C(=O)CCC=C1C. The van der Waals surface area contributed by atoms with E-state index >= 15 is 0 Å². The first-order valence-electron chi connectivity index (χ1n) is 3.11. The summed E-state index contributed by atoms with van der Waals surface area (Å²) in [5, 5.41) is 0. The van der Waals surface area contributed by atoms with Crippen LogP contribution in [0.5, 0.6) is 0 Å². The van der Waals surface area contributed by atoms with Crippen molar-refractivity contribution in [2.24, 2.45) is 0 Å². The summed E-state index contributed by atoms with van der Waals surface area (Å²) in [6, 6.07) is 0. The Balaban J connectivity index is 2.86. The topological polar surface area (TPSA) is 17.1 Å². The smallest absolute Gasteiger partial charge is 0.162 e. The zero-order valence-electron chi connectivity index (χ0n) is 5.61. The van der Waals surface area contributed by atoms with Gasteiger partial charge in [-0.25, -0.2) is 0 Å². The van der Waals surface area contributed by atoms with Crippen molar-refractivity contribution in [3.63, 3.8) is 0 Å². The van der Waals surface area contributed by atoms with E-state index in [0.29, 0.717) is 12.0 Å². The molecular weight excluding hydrogens is 112 g/mol. The molecule has 0 radical (unpaired) electrons. The summed E-state index contributed by atoms with van der Waals surface area (Å²) < 4.78 is 0. The monoisotopic (exact) mass is 122 g/mol. The van der Waals surface area contributed by atoms with Gasteiger partial charge in [-0.1, -0.05) is 12.7 Å². The second kappa shape index (κ2) is 2.18. The highest BCUT2D eigenvalue weighted by atomic mass is 16.1. The van der Waals surface area contributed by atoms with E-state index < -0.39 is 0 Å². The first-order chi connectivity index (χ1) is 4.22. The molecule has 0 heterocycles. The predicted molar refractivity (Wildman–Crippen MR) is 37.1 cm³/mol. The fourth-order valence-electron chi connectivity index (χ4n) is 0.914. The first kappa shape index (κ1) is 6.27. The number of ketones is 1. The van der Waals surface area contributed by atoms with E-state index in [4.69, 9.17) is 0 Å². The van der Waals surface area contributed by atoms with Gasteiger partial charge < -0.3 is 0 Å². The molecule has 1 rings (SSSR count). The Morgan fingerprint density at radius 2 is 2.33 bits per heavy atom. The van der Waals surface area contributed by atoms with Crippen LogP contribution in [0.3, 0.4) is 0 Å². The number of rotatable bonds is 0. The molecule has 0 N–H and O–H groups in total. The van der Waals surface area contributed by atoms with Crippen LogP contribution in [-0.4, -0.2) is 5.78 Å². The average Bonchev–Trinajstić information content (AvgIpc) is 1.83. The lowest BCUT2D eigenvalue weighted by molar-refractivity contribution is -0.115. The lowest BCUT2D eigenvalue weighted by Crippen LogP contribution is -2.06. The second-order valence-corrected chi connectivity index (χ2v) is 2.33. The minimum absolute atomic E-state index is 0.204. The Kier molecular flexibility index (Phi) is 1.52. The zero-order chi connectivity index (χ0) is 6.85. The highest BCUT2D eigenvalue weighted by molar-refractivity contribution is 5.99. The van der Waals surface area contributed by atoms with Gasteiger partial charge in [-0.2, -0.15) is 0 Å². The van der Waals surface area contributed by atoms with E-state index in [1.165, 1.54) is 0 Å². The molecular formula is C8H10O. The van der Waals surface area contributed by atoms with E-state index in [9.17, 15) is 4.79 Å². The molecule has 0 amide bonds. The van der Waals surface area contributed by atoms with Crippen molar-refractivity contribution in [1.82, 2.24) is 0 Å². The first-order valence-corrected chi connectivity index (χ1v) is 3.11. The van der Waals surface area contributed by atoms with Crippen LogP contribution in [0.25, 0.3) is 0 Å². The van der Waals surface area contributed by atoms with Crippen LogP contribution in [0.15, 0.2) is 23.8 Å². The second-order valence-electron chi connectivity index (χ2n) is 2.33. The van der Waals surface area contributed by atoms with Crippen molar-refractivity contribution in [3.05, 3.63) is 23.8 Å². The third kappa shape index (κ3) is 1.10. The number of carbonyl (C=O) groups excluding carboxylic acids is 1. The Morgan fingerprint density at radius 3 is 2.78 bits per heavy atom. The van der Waals surface area contributed by atoms with Gasteiger partial charge in [0.15, 0.2) is 5.78 Å². The number of carbonyl (C=O) groups is 1. The molecule has 9 heavy (non-hydrogen) atoms. The molecule has 1 heteroatoms. The molecule has 0 unspecified atom stereocenters. The maximum Gasteiger partial charge on any atom is 0.162 e. The van der Waals surface area contributed by atoms with Gasteiger partial charge in [-0.05, 0) is 18.9 Å². The van der Waals surface area contributed by atoms with E-state index in [-0.39, 0.29) is 5.78 Å². The van der Waals surface area contributed by atoms with Gasteiger partial charge in [0.2, 0.25) is 0 Å². The number of allylic oxidation sites excluding steroid dienone is 3. The van der Waals surface area contributed by atoms with Gasteiger partial charge in [-0.3, -0.25) is 4.79 Å². The third-order valence-corrected chi connectivity index (χ3v) is 1.63. The van der Waals surface area contributed by atoms with E-state index in [1.54, 1.807) is 0 Å². The highest BCUT2D eigenvalue weighted by Gasteiger charge is 2.11. The van der Waals surface area contributed by atoms with Crippen molar-refractivity contribution in [3.8, 4) is 0 Å².